The Balaban J connectivity index is 0.00000396. The van der Waals surface area contributed by atoms with Crippen molar-refractivity contribution in [2.24, 2.45) is 0 Å². The van der Waals surface area contributed by atoms with Gasteiger partial charge in [-0.25, -0.2) is 4.98 Å². The number of rotatable bonds is 6. The van der Waals surface area contributed by atoms with Gasteiger partial charge in [-0.1, -0.05) is 121 Å². The predicted octanol–water partition coefficient (Wildman–Crippen LogP) is 12.4. The molecule has 0 bridgehead atoms. The first-order valence-electron chi connectivity index (χ1n) is 19.2. The molecule has 7 aromatic carbocycles. The molecule has 2 aliphatic rings. The van der Waals surface area contributed by atoms with Crippen molar-refractivity contribution in [1.82, 2.24) is 9.55 Å². The van der Waals surface area contributed by atoms with E-state index in [0.29, 0.717) is 5.92 Å². The van der Waals surface area contributed by atoms with Gasteiger partial charge in [0.2, 0.25) is 0 Å². The smallest absolute Gasteiger partial charge is 0.148 e. The summed E-state index contributed by atoms with van der Waals surface area (Å²) in [6, 6.07) is 68.4. The summed E-state index contributed by atoms with van der Waals surface area (Å²) < 4.78 is 2.29. The number of pyridine rings is 1. The minimum atomic E-state index is -0.732. The molecule has 0 amide bonds. The summed E-state index contributed by atoms with van der Waals surface area (Å²) in [6.45, 7) is 4.46. The quantitative estimate of drug-likeness (QED) is 0.123. The number of nitrogens with zero attached hydrogens (tertiary/aromatic N) is 4. The molecular formula is C51H37N4OPt-. The summed E-state index contributed by atoms with van der Waals surface area (Å²) >= 11 is 0. The van der Waals surface area contributed by atoms with Gasteiger partial charge in [-0.3, -0.25) is 0 Å². The topological polar surface area (TPSA) is 37.1 Å². The van der Waals surface area contributed by atoms with Gasteiger partial charge in [0.1, 0.15) is 22.9 Å². The Hall–Kier alpha value is -6.26. The van der Waals surface area contributed by atoms with Gasteiger partial charge >= 0.3 is 0 Å². The average Bonchev–Trinajstić information content (AvgIpc) is 3.91. The zero-order valence-corrected chi connectivity index (χ0v) is 33.6. The third kappa shape index (κ3) is 5.26. The van der Waals surface area contributed by atoms with Gasteiger partial charge < -0.3 is 4.57 Å². The summed E-state index contributed by atoms with van der Waals surface area (Å²) in [5.74, 6) is 1.26. The third-order valence-electron chi connectivity index (χ3n) is 11.5. The van der Waals surface area contributed by atoms with Crippen molar-refractivity contribution in [3.8, 4) is 16.9 Å². The van der Waals surface area contributed by atoms with E-state index >= 15 is 0 Å². The van der Waals surface area contributed by atoms with Crippen LogP contribution in [0.5, 0.6) is 0 Å². The van der Waals surface area contributed by atoms with Crippen molar-refractivity contribution in [3.63, 3.8) is 0 Å². The van der Waals surface area contributed by atoms with Crippen molar-refractivity contribution in [1.29, 1.82) is 0 Å². The van der Waals surface area contributed by atoms with E-state index in [9.17, 15) is 0 Å². The molecule has 0 saturated carbocycles. The average molecular weight is 917 g/mol. The Bertz CT molecular complexity index is 2930. The van der Waals surface area contributed by atoms with E-state index in [4.69, 9.17) is 9.92 Å². The van der Waals surface area contributed by atoms with E-state index in [0.717, 1.165) is 56.1 Å². The number of aromatic nitrogens is 2. The molecule has 9 aromatic rings. The molecule has 1 aliphatic carbocycles. The van der Waals surface area contributed by atoms with Crippen LogP contribution in [0.15, 0.2) is 176 Å². The van der Waals surface area contributed by atoms with Crippen LogP contribution in [0.1, 0.15) is 47.6 Å². The largest absolute Gasteiger partial charge is 0.319 e. The van der Waals surface area contributed by atoms with Crippen LogP contribution in [0.3, 0.4) is 0 Å². The Morgan fingerprint density at radius 3 is 1.98 bits per heavy atom. The Morgan fingerprint density at radius 1 is 0.579 bits per heavy atom. The standard InChI is InChI=1S/C51H36N4O.Pt/c1-34(2)35-29-30-52-50(31-35)53-46-24-11-8-21-42(46)43-28-27-37(33-49(43)53)51(44-22-9-6-19-40(44)41-20-7-10-23-45(41)51)36-15-14-18-39(32-36)55-48-26-13-12-25-47(48)54(56-55)38-16-4-3-5-17-38;/h3-31,34H,1-2H3;/q-2;/p+1. The molecule has 0 spiro atoms. The molecule has 0 saturated heterocycles. The van der Waals surface area contributed by atoms with E-state index in [1.54, 1.807) is 0 Å². The first-order chi connectivity index (χ1) is 27.6. The molecular weight excluding hydrogens is 880 g/mol. The fourth-order valence-corrected chi connectivity index (χ4v) is 8.97. The van der Waals surface area contributed by atoms with Crippen molar-refractivity contribution in [2.75, 3.05) is 10.1 Å². The van der Waals surface area contributed by atoms with Crippen molar-refractivity contribution < 1.29 is 26.0 Å². The number of benzene rings is 7. The maximum Gasteiger partial charge on any atom is 0.148 e. The van der Waals surface area contributed by atoms with Crippen LogP contribution in [0, 0.1) is 12.1 Å². The third-order valence-corrected chi connectivity index (χ3v) is 11.5. The summed E-state index contributed by atoms with van der Waals surface area (Å²) in [5, 5.41) is 6.34. The fraction of sp³-hybridized carbons (Fsp3) is 0.0784. The molecule has 1 aliphatic heterocycles. The van der Waals surface area contributed by atoms with Crippen LogP contribution in [0.25, 0.3) is 38.8 Å². The summed E-state index contributed by atoms with van der Waals surface area (Å²) in [7, 11) is 0. The molecule has 0 atom stereocenters. The van der Waals surface area contributed by atoms with E-state index in [1.807, 2.05) is 34.5 Å². The first kappa shape index (κ1) is 35.2. The van der Waals surface area contributed by atoms with Gasteiger partial charge in [0.05, 0.1) is 0 Å². The molecule has 0 unspecified atom stereocenters. The Morgan fingerprint density at radius 2 is 1.23 bits per heavy atom. The number of hydrogen-bond donors (Lipinski definition) is 0. The fourth-order valence-electron chi connectivity index (χ4n) is 8.97. The summed E-state index contributed by atoms with van der Waals surface area (Å²) in [6.07, 6.45) is 1.93. The zero-order chi connectivity index (χ0) is 37.4. The number of anilines is 4. The van der Waals surface area contributed by atoms with E-state index in [2.05, 4.69) is 182 Å². The van der Waals surface area contributed by atoms with Crippen LogP contribution in [0.4, 0.5) is 22.7 Å². The molecule has 6 heteroatoms. The minimum absolute atomic E-state index is 0. The molecule has 0 fully saturated rings. The van der Waals surface area contributed by atoms with Crippen LogP contribution in [-0.2, 0) is 26.5 Å². The van der Waals surface area contributed by atoms with E-state index < -0.39 is 5.41 Å². The second kappa shape index (κ2) is 13.7. The number of para-hydroxylation sites is 4. The SMILES string of the molecule is CC(C)c1ccnc(-n2c3[c-]c(C4(c5[c-]c(N6[OH+]N(c7ccccc7)c7ccccc76)ccc5)c5ccccc5-c5ccccc54)ccc3c3ccccc32)c1.[Pt]. The van der Waals surface area contributed by atoms with Crippen LogP contribution >= 0.6 is 0 Å². The number of hydrogen-bond acceptors (Lipinski definition) is 3. The molecule has 278 valence electrons. The van der Waals surface area contributed by atoms with Crippen LogP contribution in [-0.4, -0.2) is 14.5 Å². The first-order valence-corrected chi connectivity index (χ1v) is 19.2. The van der Waals surface area contributed by atoms with Gasteiger partial charge in [-0.05, 0) is 81.6 Å². The Kier molecular flexibility index (Phi) is 8.48. The molecule has 0 radical (unpaired) electrons. The molecule has 11 rings (SSSR count). The summed E-state index contributed by atoms with van der Waals surface area (Å²) in [5.41, 5.74) is 13.4. The van der Waals surface area contributed by atoms with Gasteiger partial charge in [-0.15, -0.1) is 33.7 Å². The van der Waals surface area contributed by atoms with E-state index in [1.165, 1.54) is 33.2 Å². The zero-order valence-electron chi connectivity index (χ0n) is 31.4. The molecule has 2 aromatic heterocycles. The molecule has 5 nitrogen and oxygen atoms in total. The second-order valence-electron chi connectivity index (χ2n) is 14.9. The van der Waals surface area contributed by atoms with Crippen molar-refractivity contribution in [2.45, 2.75) is 25.2 Å². The minimum Gasteiger partial charge on any atom is -0.319 e. The molecule has 1 N–H and O–H groups in total. The van der Waals surface area contributed by atoms with Gasteiger partial charge in [0.25, 0.3) is 0 Å². The second-order valence-corrected chi connectivity index (χ2v) is 14.9. The normalized spacial score (nSPS) is 13.8. The molecule has 3 heterocycles. The van der Waals surface area contributed by atoms with Gasteiger partial charge in [0.15, 0.2) is 0 Å². The van der Waals surface area contributed by atoms with Crippen LogP contribution < -0.4 is 10.1 Å². The maximum atomic E-state index is 5.20. The maximum absolute atomic E-state index is 5.20. The monoisotopic (exact) mass is 916 g/mol. The summed E-state index contributed by atoms with van der Waals surface area (Å²) in [4.78, 5) is 10.2. The van der Waals surface area contributed by atoms with Gasteiger partial charge in [-0.2, -0.15) is 35.3 Å². The Labute approximate surface area is 346 Å². The predicted molar refractivity (Wildman–Crippen MR) is 227 cm³/mol. The van der Waals surface area contributed by atoms with Crippen molar-refractivity contribution >= 4 is 44.6 Å². The number of fused-ring (bicyclic) bond motifs is 7. The van der Waals surface area contributed by atoms with Crippen LogP contribution in [0.2, 0.25) is 0 Å². The van der Waals surface area contributed by atoms with E-state index in [-0.39, 0.29) is 21.1 Å². The van der Waals surface area contributed by atoms with Gasteiger partial charge in [0, 0.05) is 43.9 Å². The van der Waals surface area contributed by atoms with Crippen molar-refractivity contribution in [3.05, 3.63) is 216 Å². The molecule has 57 heavy (non-hydrogen) atoms.